The summed E-state index contributed by atoms with van der Waals surface area (Å²) in [5.41, 5.74) is 5.44. The number of likely N-dealkylation sites (tertiary alicyclic amines) is 1. The highest BCUT2D eigenvalue weighted by atomic mass is 32.2. The molecule has 1 rings (SSSR count). The maximum Gasteiger partial charge on any atom is 0.216 e. The van der Waals surface area contributed by atoms with Crippen LogP contribution in [0.15, 0.2) is 5.16 Å². The molecular formula is C11H24N4O3S. The number of piperidine rings is 1. The predicted molar refractivity (Wildman–Crippen MR) is 74.7 cm³/mol. The Morgan fingerprint density at radius 3 is 2.37 bits per heavy atom. The summed E-state index contributed by atoms with van der Waals surface area (Å²) in [6, 6.07) is -0.0345. The predicted octanol–water partition coefficient (Wildman–Crippen LogP) is -0.0849. The number of hydrogen-bond acceptors (Lipinski definition) is 5. The Morgan fingerprint density at radius 2 is 1.95 bits per heavy atom. The van der Waals surface area contributed by atoms with E-state index in [9.17, 15) is 8.42 Å². The Kier molecular flexibility index (Phi) is 5.17. The number of amidine groups is 1. The molecule has 0 amide bonds. The molecule has 1 saturated heterocycles. The van der Waals surface area contributed by atoms with Crippen molar-refractivity contribution in [3.05, 3.63) is 0 Å². The molecule has 0 aromatic carbocycles. The van der Waals surface area contributed by atoms with Gasteiger partial charge in [0.15, 0.2) is 5.84 Å². The molecular weight excluding hydrogens is 268 g/mol. The van der Waals surface area contributed by atoms with Crippen LogP contribution in [-0.4, -0.2) is 54.8 Å². The lowest BCUT2D eigenvalue weighted by atomic mass is 10.1. The minimum atomic E-state index is -3.30. The zero-order valence-corrected chi connectivity index (χ0v) is 12.6. The third kappa shape index (κ3) is 4.63. The largest absolute Gasteiger partial charge is 0.409 e. The van der Waals surface area contributed by atoms with E-state index in [-0.39, 0.29) is 11.9 Å². The van der Waals surface area contributed by atoms with Crippen LogP contribution in [0.5, 0.6) is 0 Å². The van der Waals surface area contributed by atoms with Crippen molar-refractivity contribution < 1.29 is 13.6 Å². The monoisotopic (exact) mass is 292 g/mol. The van der Waals surface area contributed by atoms with Gasteiger partial charge in [0.2, 0.25) is 10.0 Å². The Labute approximate surface area is 114 Å². The molecule has 1 aliphatic heterocycles. The van der Waals surface area contributed by atoms with E-state index in [0.29, 0.717) is 6.54 Å². The Balaban J connectivity index is 2.47. The SMILES string of the molecule is CC(C)(C)S(=O)(=O)NC1CCN(CC(N)=NO)CC1. The summed E-state index contributed by atoms with van der Waals surface area (Å²) in [5.74, 6) is 0.175. The van der Waals surface area contributed by atoms with Crippen LogP contribution in [0, 0.1) is 0 Å². The van der Waals surface area contributed by atoms with Crippen LogP contribution in [0.3, 0.4) is 0 Å². The van der Waals surface area contributed by atoms with E-state index in [1.807, 2.05) is 4.90 Å². The van der Waals surface area contributed by atoms with Crippen LogP contribution < -0.4 is 10.5 Å². The van der Waals surface area contributed by atoms with Crippen molar-refractivity contribution in [1.82, 2.24) is 9.62 Å². The van der Waals surface area contributed by atoms with Gasteiger partial charge in [0.25, 0.3) is 0 Å². The summed E-state index contributed by atoms with van der Waals surface area (Å²) in [5, 5.41) is 11.4. The van der Waals surface area contributed by atoms with Crippen molar-refractivity contribution in [2.24, 2.45) is 10.9 Å². The van der Waals surface area contributed by atoms with E-state index in [2.05, 4.69) is 9.88 Å². The third-order valence-electron chi connectivity index (χ3n) is 3.23. The van der Waals surface area contributed by atoms with Gasteiger partial charge in [-0.15, -0.1) is 0 Å². The van der Waals surface area contributed by atoms with Crippen molar-refractivity contribution >= 4 is 15.9 Å². The highest BCUT2D eigenvalue weighted by Crippen LogP contribution is 2.17. The van der Waals surface area contributed by atoms with Gasteiger partial charge in [0, 0.05) is 19.1 Å². The summed E-state index contributed by atoms with van der Waals surface area (Å²) in [7, 11) is -3.30. The highest BCUT2D eigenvalue weighted by Gasteiger charge is 2.32. The molecule has 0 aromatic heterocycles. The van der Waals surface area contributed by atoms with Crippen LogP contribution >= 0.6 is 0 Å². The first-order valence-corrected chi connectivity index (χ1v) is 7.84. The molecule has 0 radical (unpaired) electrons. The van der Waals surface area contributed by atoms with Gasteiger partial charge in [0.1, 0.15) is 0 Å². The van der Waals surface area contributed by atoms with Gasteiger partial charge in [-0.25, -0.2) is 13.1 Å². The average Bonchev–Trinajstić information content (AvgIpc) is 2.29. The summed E-state index contributed by atoms with van der Waals surface area (Å²) >= 11 is 0. The molecule has 0 atom stereocenters. The first-order chi connectivity index (χ1) is 8.65. The average molecular weight is 292 g/mol. The lowest BCUT2D eigenvalue weighted by molar-refractivity contribution is 0.227. The Morgan fingerprint density at radius 1 is 1.42 bits per heavy atom. The molecule has 7 nitrogen and oxygen atoms in total. The molecule has 0 unspecified atom stereocenters. The van der Waals surface area contributed by atoms with Crippen molar-refractivity contribution in [3.8, 4) is 0 Å². The summed E-state index contributed by atoms with van der Waals surface area (Å²) in [6.45, 7) is 6.92. The summed E-state index contributed by atoms with van der Waals surface area (Å²) < 4.78 is 26.0. The number of hydrogen-bond donors (Lipinski definition) is 3. The molecule has 19 heavy (non-hydrogen) atoms. The molecule has 112 valence electrons. The van der Waals surface area contributed by atoms with Crippen molar-refractivity contribution in [2.45, 2.75) is 44.4 Å². The van der Waals surface area contributed by atoms with Gasteiger partial charge >= 0.3 is 0 Å². The molecule has 8 heteroatoms. The third-order valence-corrected chi connectivity index (χ3v) is 5.49. The quantitative estimate of drug-likeness (QED) is 0.290. The van der Waals surface area contributed by atoms with Crippen LogP contribution in [0.1, 0.15) is 33.6 Å². The second-order valence-corrected chi connectivity index (χ2v) is 8.34. The lowest BCUT2D eigenvalue weighted by Gasteiger charge is -2.33. The van der Waals surface area contributed by atoms with E-state index >= 15 is 0 Å². The van der Waals surface area contributed by atoms with Crippen molar-refractivity contribution in [3.63, 3.8) is 0 Å². The van der Waals surface area contributed by atoms with E-state index in [0.717, 1.165) is 25.9 Å². The number of nitrogens with two attached hydrogens (primary N) is 1. The second kappa shape index (κ2) is 6.06. The maximum atomic E-state index is 12.0. The van der Waals surface area contributed by atoms with Crippen LogP contribution in [0.4, 0.5) is 0 Å². The van der Waals surface area contributed by atoms with E-state index < -0.39 is 14.8 Å². The molecule has 0 aliphatic carbocycles. The number of nitrogens with one attached hydrogen (secondary N) is 1. The van der Waals surface area contributed by atoms with Crippen molar-refractivity contribution in [1.29, 1.82) is 0 Å². The maximum absolute atomic E-state index is 12.0. The molecule has 0 bridgehead atoms. The minimum Gasteiger partial charge on any atom is -0.409 e. The minimum absolute atomic E-state index is 0.0345. The smallest absolute Gasteiger partial charge is 0.216 e. The molecule has 1 fully saturated rings. The standard InChI is InChI=1S/C11H24N4O3S/c1-11(2,3)19(17,18)14-9-4-6-15(7-5-9)8-10(12)13-16/h9,14,16H,4-8H2,1-3H3,(H2,12,13). The molecule has 0 aromatic rings. The van der Waals surface area contributed by atoms with Gasteiger partial charge in [-0.2, -0.15) is 0 Å². The van der Waals surface area contributed by atoms with Crippen molar-refractivity contribution in [2.75, 3.05) is 19.6 Å². The number of nitrogens with zero attached hydrogens (tertiary/aromatic N) is 2. The first-order valence-electron chi connectivity index (χ1n) is 6.36. The normalized spacial score (nSPS) is 20.7. The number of sulfonamides is 1. The first kappa shape index (κ1) is 16.2. The molecule has 0 spiro atoms. The fourth-order valence-electron chi connectivity index (χ4n) is 1.87. The summed E-state index contributed by atoms with van der Waals surface area (Å²) in [4.78, 5) is 2.04. The highest BCUT2D eigenvalue weighted by molar-refractivity contribution is 7.90. The van der Waals surface area contributed by atoms with E-state index in [1.54, 1.807) is 20.8 Å². The summed E-state index contributed by atoms with van der Waals surface area (Å²) in [6.07, 6.45) is 1.46. The van der Waals surface area contributed by atoms with Gasteiger partial charge < -0.3 is 10.9 Å². The van der Waals surface area contributed by atoms with E-state index in [1.165, 1.54) is 0 Å². The van der Waals surface area contributed by atoms with E-state index in [4.69, 9.17) is 10.9 Å². The zero-order chi connectivity index (χ0) is 14.7. The van der Waals surface area contributed by atoms with Gasteiger partial charge in [0.05, 0.1) is 11.3 Å². The van der Waals surface area contributed by atoms with Crippen LogP contribution in [0.25, 0.3) is 0 Å². The van der Waals surface area contributed by atoms with Gasteiger partial charge in [-0.05, 0) is 33.6 Å². The molecule has 0 saturated carbocycles. The number of rotatable bonds is 4. The Hall–Kier alpha value is -0.860. The fraction of sp³-hybridized carbons (Fsp3) is 0.909. The van der Waals surface area contributed by atoms with Crippen LogP contribution in [-0.2, 0) is 10.0 Å². The second-order valence-electron chi connectivity index (χ2n) is 5.88. The van der Waals surface area contributed by atoms with Gasteiger partial charge in [-0.1, -0.05) is 5.16 Å². The molecule has 4 N–H and O–H groups in total. The number of oxime groups is 1. The Bertz CT molecular complexity index is 420. The zero-order valence-electron chi connectivity index (χ0n) is 11.8. The lowest BCUT2D eigenvalue weighted by Crippen LogP contribution is -2.50. The fourth-order valence-corrected chi connectivity index (χ4v) is 2.89. The molecule has 1 heterocycles. The topological polar surface area (TPSA) is 108 Å². The van der Waals surface area contributed by atoms with Gasteiger partial charge in [-0.3, -0.25) is 4.90 Å². The van der Waals surface area contributed by atoms with Crippen LogP contribution in [0.2, 0.25) is 0 Å². The molecule has 1 aliphatic rings.